The maximum atomic E-state index is 11.0. The summed E-state index contributed by atoms with van der Waals surface area (Å²) < 4.78 is 4.69. The van der Waals surface area contributed by atoms with E-state index in [-0.39, 0.29) is 17.8 Å². The zero-order valence-corrected chi connectivity index (χ0v) is 9.77. The van der Waals surface area contributed by atoms with Gasteiger partial charge in [0, 0.05) is 11.8 Å². The number of hydrogen-bond donors (Lipinski definition) is 2. The van der Waals surface area contributed by atoms with Crippen molar-refractivity contribution in [2.75, 3.05) is 12.3 Å². The number of carboxylic acids is 1. The third-order valence-electron chi connectivity index (χ3n) is 1.89. The molecule has 94 valence electrons. The van der Waals surface area contributed by atoms with E-state index in [1.807, 2.05) is 0 Å². The minimum Gasteiger partial charge on any atom is -0.476 e. The van der Waals surface area contributed by atoms with Gasteiger partial charge in [0.25, 0.3) is 0 Å². The summed E-state index contributed by atoms with van der Waals surface area (Å²) in [4.78, 5) is 25.3. The molecule has 0 atom stereocenters. The van der Waals surface area contributed by atoms with Gasteiger partial charge in [-0.25, -0.2) is 9.78 Å². The number of aromatic carboxylic acids is 1. The van der Waals surface area contributed by atoms with Gasteiger partial charge in [-0.2, -0.15) is 0 Å². The SMILES string of the molecule is CCOC(=O)CC#Cc1cnc(C(=O)O)c(N)c1. The lowest BCUT2D eigenvalue weighted by atomic mass is 10.2. The van der Waals surface area contributed by atoms with Crippen LogP contribution in [0.15, 0.2) is 12.3 Å². The Kier molecular flexibility index (Phi) is 4.69. The summed E-state index contributed by atoms with van der Waals surface area (Å²) in [6.07, 6.45) is 1.26. The number of anilines is 1. The molecule has 18 heavy (non-hydrogen) atoms. The lowest BCUT2D eigenvalue weighted by Crippen LogP contribution is -2.05. The van der Waals surface area contributed by atoms with Crippen molar-refractivity contribution in [1.82, 2.24) is 4.98 Å². The molecule has 0 saturated carbocycles. The van der Waals surface area contributed by atoms with Crippen molar-refractivity contribution in [3.63, 3.8) is 0 Å². The van der Waals surface area contributed by atoms with Crippen molar-refractivity contribution in [2.24, 2.45) is 0 Å². The van der Waals surface area contributed by atoms with E-state index in [1.54, 1.807) is 6.92 Å². The van der Waals surface area contributed by atoms with Gasteiger partial charge < -0.3 is 15.6 Å². The number of ether oxygens (including phenoxy) is 1. The van der Waals surface area contributed by atoms with Crippen molar-refractivity contribution in [2.45, 2.75) is 13.3 Å². The minimum absolute atomic E-state index is 0.0328. The maximum Gasteiger partial charge on any atom is 0.356 e. The number of rotatable bonds is 3. The monoisotopic (exact) mass is 248 g/mol. The highest BCUT2D eigenvalue weighted by atomic mass is 16.5. The number of carboxylic acid groups (broad SMARTS) is 1. The summed E-state index contributed by atoms with van der Waals surface area (Å²) in [6, 6.07) is 1.40. The summed E-state index contributed by atoms with van der Waals surface area (Å²) in [5.74, 6) is 3.64. The van der Waals surface area contributed by atoms with Crippen LogP contribution in [0.3, 0.4) is 0 Å². The molecule has 0 aliphatic rings. The molecule has 1 aromatic rings. The summed E-state index contributed by atoms with van der Waals surface area (Å²) in [5.41, 5.74) is 5.76. The van der Waals surface area contributed by atoms with E-state index in [0.29, 0.717) is 12.2 Å². The first kappa shape index (κ1) is 13.5. The number of carbonyl (C=O) groups is 2. The first-order valence-electron chi connectivity index (χ1n) is 5.18. The molecule has 1 heterocycles. The first-order chi connectivity index (χ1) is 8.54. The number of carbonyl (C=O) groups excluding carboxylic acids is 1. The number of nitrogens with zero attached hydrogens (tertiary/aromatic N) is 1. The van der Waals surface area contributed by atoms with Gasteiger partial charge in [0.1, 0.15) is 6.42 Å². The third kappa shape index (κ3) is 3.79. The van der Waals surface area contributed by atoms with Gasteiger partial charge in [0.05, 0.1) is 12.3 Å². The molecule has 0 aliphatic heterocycles. The Hall–Kier alpha value is -2.55. The second-order valence-electron chi connectivity index (χ2n) is 3.25. The number of nitrogens with two attached hydrogens (primary N) is 1. The summed E-state index contributed by atoms with van der Waals surface area (Å²) in [5, 5.41) is 8.72. The average Bonchev–Trinajstić information content (AvgIpc) is 2.29. The molecule has 0 aliphatic carbocycles. The fourth-order valence-electron chi connectivity index (χ4n) is 1.16. The van der Waals surface area contributed by atoms with E-state index in [4.69, 9.17) is 15.6 Å². The summed E-state index contributed by atoms with van der Waals surface area (Å²) >= 11 is 0. The van der Waals surface area contributed by atoms with Crippen LogP contribution in [-0.2, 0) is 9.53 Å². The van der Waals surface area contributed by atoms with Crippen LogP contribution in [0.2, 0.25) is 0 Å². The summed E-state index contributed by atoms with van der Waals surface area (Å²) in [6.45, 7) is 2.02. The Morgan fingerprint density at radius 3 is 2.83 bits per heavy atom. The van der Waals surface area contributed by atoms with E-state index in [0.717, 1.165) is 0 Å². The van der Waals surface area contributed by atoms with Crippen LogP contribution in [0.4, 0.5) is 5.69 Å². The largest absolute Gasteiger partial charge is 0.476 e. The topological polar surface area (TPSA) is 103 Å². The zero-order valence-electron chi connectivity index (χ0n) is 9.77. The summed E-state index contributed by atoms with van der Waals surface area (Å²) in [7, 11) is 0. The third-order valence-corrected chi connectivity index (χ3v) is 1.89. The van der Waals surface area contributed by atoms with Gasteiger partial charge in [0.2, 0.25) is 0 Å². The molecule has 0 bridgehead atoms. The molecular weight excluding hydrogens is 236 g/mol. The Bertz CT molecular complexity index is 529. The Morgan fingerprint density at radius 1 is 1.56 bits per heavy atom. The molecule has 3 N–H and O–H groups in total. The fraction of sp³-hybridized carbons (Fsp3) is 0.250. The lowest BCUT2D eigenvalue weighted by molar-refractivity contribution is -0.141. The van der Waals surface area contributed by atoms with Gasteiger partial charge >= 0.3 is 11.9 Å². The van der Waals surface area contributed by atoms with Gasteiger partial charge in [-0.05, 0) is 13.0 Å². The van der Waals surface area contributed by atoms with Crippen LogP contribution in [0.25, 0.3) is 0 Å². The Labute approximate surface area is 104 Å². The number of pyridine rings is 1. The average molecular weight is 248 g/mol. The lowest BCUT2D eigenvalue weighted by Gasteiger charge is -1.99. The number of aromatic nitrogens is 1. The molecule has 0 saturated heterocycles. The van der Waals surface area contributed by atoms with Gasteiger partial charge in [-0.1, -0.05) is 11.8 Å². The van der Waals surface area contributed by atoms with Crippen LogP contribution >= 0.6 is 0 Å². The van der Waals surface area contributed by atoms with Crippen LogP contribution in [0.1, 0.15) is 29.4 Å². The molecule has 0 spiro atoms. The normalized spacial score (nSPS) is 9.17. The molecule has 1 rings (SSSR count). The highest BCUT2D eigenvalue weighted by Crippen LogP contribution is 2.10. The maximum absolute atomic E-state index is 11.0. The van der Waals surface area contributed by atoms with Gasteiger partial charge in [0.15, 0.2) is 5.69 Å². The van der Waals surface area contributed by atoms with Gasteiger partial charge in [-0.3, -0.25) is 4.79 Å². The standard InChI is InChI=1S/C12H12N2O4/c1-2-18-10(15)5-3-4-8-6-9(13)11(12(16)17)14-7-8/h6-7H,2,5,13H2,1H3,(H,16,17). The van der Waals surface area contributed by atoms with E-state index < -0.39 is 11.9 Å². The van der Waals surface area contributed by atoms with Crippen LogP contribution in [-0.4, -0.2) is 28.6 Å². The van der Waals surface area contributed by atoms with E-state index in [2.05, 4.69) is 16.8 Å². The second-order valence-corrected chi connectivity index (χ2v) is 3.25. The molecule has 6 nitrogen and oxygen atoms in total. The Balaban J connectivity index is 2.75. The molecule has 0 aromatic carbocycles. The molecule has 1 aromatic heterocycles. The zero-order chi connectivity index (χ0) is 13.5. The van der Waals surface area contributed by atoms with Crippen LogP contribution in [0, 0.1) is 11.8 Å². The van der Waals surface area contributed by atoms with Crippen molar-refractivity contribution in [3.8, 4) is 11.8 Å². The predicted molar refractivity (Wildman–Crippen MR) is 63.7 cm³/mol. The number of nitrogen functional groups attached to an aromatic ring is 1. The van der Waals surface area contributed by atoms with Crippen molar-refractivity contribution in [3.05, 3.63) is 23.5 Å². The van der Waals surface area contributed by atoms with Crippen molar-refractivity contribution >= 4 is 17.6 Å². The molecular formula is C12H12N2O4. The second kappa shape index (κ2) is 6.25. The molecule has 0 radical (unpaired) electrons. The predicted octanol–water partition coefficient (Wildman–Crippen LogP) is 0.667. The smallest absolute Gasteiger partial charge is 0.356 e. The minimum atomic E-state index is -1.20. The first-order valence-corrected chi connectivity index (χ1v) is 5.18. The molecule has 0 amide bonds. The van der Waals surface area contributed by atoms with E-state index >= 15 is 0 Å². The highest BCUT2D eigenvalue weighted by molar-refractivity contribution is 5.91. The number of hydrogen-bond acceptors (Lipinski definition) is 5. The molecule has 0 unspecified atom stereocenters. The van der Waals surface area contributed by atoms with Crippen LogP contribution in [0.5, 0.6) is 0 Å². The molecule has 0 fully saturated rings. The van der Waals surface area contributed by atoms with E-state index in [9.17, 15) is 9.59 Å². The Morgan fingerprint density at radius 2 is 2.28 bits per heavy atom. The molecule has 6 heteroatoms. The number of esters is 1. The van der Waals surface area contributed by atoms with Crippen LogP contribution < -0.4 is 5.73 Å². The van der Waals surface area contributed by atoms with Crippen molar-refractivity contribution in [1.29, 1.82) is 0 Å². The highest BCUT2D eigenvalue weighted by Gasteiger charge is 2.09. The quantitative estimate of drug-likeness (QED) is 0.602. The van der Waals surface area contributed by atoms with Crippen molar-refractivity contribution < 1.29 is 19.4 Å². The fourth-order valence-corrected chi connectivity index (χ4v) is 1.16. The van der Waals surface area contributed by atoms with Gasteiger partial charge in [-0.15, -0.1) is 0 Å². The van der Waals surface area contributed by atoms with E-state index in [1.165, 1.54) is 12.3 Å².